The summed E-state index contributed by atoms with van der Waals surface area (Å²) < 4.78 is 0. The van der Waals surface area contributed by atoms with E-state index in [1.54, 1.807) is 0 Å². The van der Waals surface area contributed by atoms with Gasteiger partial charge in [0.25, 0.3) is 0 Å². The summed E-state index contributed by atoms with van der Waals surface area (Å²) in [4.78, 5) is 20.9. The Morgan fingerprint density at radius 2 is 1.21 bits per heavy atom. The van der Waals surface area contributed by atoms with Crippen molar-refractivity contribution in [3.8, 4) is 0 Å². The molecular weight excluding hydrogens is 278 g/mol. The predicted octanol–water partition coefficient (Wildman–Crippen LogP) is -0.482. The second-order valence-corrected chi connectivity index (χ2v) is 2.16. The molecule has 0 saturated heterocycles. The van der Waals surface area contributed by atoms with Gasteiger partial charge in [0.1, 0.15) is 0 Å². The molecule has 14 heavy (non-hydrogen) atoms. The average molecular weight is 287 g/mol. The van der Waals surface area contributed by atoms with Crippen LogP contribution in [0.25, 0.3) is 0 Å². The molecule has 0 amide bonds. The summed E-state index contributed by atoms with van der Waals surface area (Å²) in [5, 5.41) is 17.1. The predicted molar refractivity (Wildman–Crippen MR) is 56.1 cm³/mol. The zero-order valence-electron chi connectivity index (χ0n) is 6.52. The van der Waals surface area contributed by atoms with Crippen LogP contribution in [0.5, 0.6) is 0 Å². The van der Waals surface area contributed by atoms with E-state index in [9.17, 15) is 9.59 Å². The molecule has 1 aromatic carbocycles. The van der Waals surface area contributed by atoms with Gasteiger partial charge in [-0.3, -0.25) is 0 Å². The van der Waals surface area contributed by atoms with Crippen molar-refractivity contribution in [1.29, 1.82) is 0 Å². The van der Waals surface area contributed by atoms with E-state index >= 15 is 0 Å². The van der Waals surface area contributed by atoms with E-state index in [2.05, 4.69) is 0 Å². The van der Waals surface area contributed by atoms with Gasteiger partial charge in [-0.1, -0.05) is 12.1 Å². The fourth-order valence-corrected chi connectivity index (χ4v) is 0.856. The van der Waals surface area contributed by atoms with Crippen molar-refractivity contribution in [2.45, 2.75) is 0 Å². The first-order chi connectivity index (χ1) is 5.63. The molecule has 2 N–H and O–H groups in total. The van der Waals surface area contributed by atoms with Crippen molar-refractivity contribution in [1.82, 2.24) is 0 Å². The van der Waals surface area contributed by atoms with Crippen LogP contribution < -0.4 is 0 Å². The quantitative estimate of drug-likeness (QED) is 0.720. The Morgan fingerprint density at radius 1 is 0.929 bits per heavy atom. The Kier molecular flexibility index (Phi) is 9.07. The first kappa shape index (κ1) is 16.7. The summed E-state index contributed by atoms with van der Waals surface area (Å²) in [6.45, 7) is 0. The van der Waals surface area contributed by atoms with Crippen LogP contribution in [0.4, 0.5) is 0 Å². The molecule has 0 heterocycles. The van der Waals surface area contributed by atoms with Crippen molar-refractivity contribution in [3.05, 3.63) is 35.4 Å². The van der Waals surface area contributed by atoms with Crippen LogP contribution in [0, 0.1) is 0 Å². The Bertz CT molecular complexity index is 307. The summed E-state index contributed by atoms with van der Waals surface area (Å²) in [6.07, 6.45) is 0. The van der Waals surface area contributed by atoms with Gasteiger partial charge in [0.05, 0.1) is 11.1 Å². The molecule has 72 valence electrons. The monoisotopic (exact) mass is 288 g/mol. The molecule has 6 heteroatoms. The molecule has 0 aliphatic rings. The summed E-state index contributed by atoms with van der Waals surface area (Å²) in [6, 6.07) is 5.48. The molecule has 0 aliphatic carbocycles. The summed E-state index contributed by atoms with van der Waals surface area (Å²) in [7, 11) is 0. The number of carboxylic acid groups (broad SMARTS) is 2. The van der Waals surface area contributed by atoms with Crippen molar-refractivity contribution >= 4 is 80.4 Å². The Balaban J connectivity index is 0. The number of aromatic carboxylic acids is 2. The molecule has 0 radical (unpaired) electrons. The first-order valence-electron chi connectivity index (χ1n) is 3.18. The van der Waals surface area contributed by atoms with Crippen LogP contribution in [-0.4, -0.2) is 90.6 Å². The molecule has 1 rings (SSSR count). The second-order valence-electron chi connectivity index (χ2n) is 2.16. The van der Waals surface area contributed by atoms with Gasteiger partial charge in [0.15, 0.2) is 0 Å². The third kappa shape index (κ3) is 4.23. The molecule has 0 aliphatic heterocycles. The van der Waals surface area contributed by atoms with Gasteiger partial charge < -0.3 is 10.2 Å². The number of benzene rings is 1. The van der Waals surface area contributed by atoms with E-state index in [-0.39, 0.29) is 79.6 Å². The van der Waals surface area contributed by atoms with Crippen molar-refractivity contribution in [2.24, 2.45) is 0 Å². The van der Waals surface area contributed by atoms with Crippen molar-refractivity contribution in [2.75, 3.05) is 0 Å². The van der Waals surface area contributed by atoms with Crippen molar-refractivity contribution < 1.29 is 19.8 Å². The first-order valence-corrected chi connectivity index (χ1v) is 3.18. The van der Waals surface area contributed by atoms with Crippen LogP contribution >= 0.6 is 0 Å². The molecule has 4 nitrogen and oxygen atoms in total. The topological polar surface area (TPSA) is 74.6 Å². The third-order valence-corrected chi connectivity index (χ3v) is 1.39. The van der Waals surface area contributed by atoms with Crippen LogP contribution in [0.2, 0.25) is 0 Å². The maximum absolute atomic E-state index is 10.5. The normalized spacial score (nSPS) is 8.00. The van der Waals surface area contributed by atoms with Crippen LogP contribution in [-0.2, 0) is 0 Å². The number of hydrogen-bond donors (Lipinski definition) is 2. The Labute approximate surface area is 134 Å². The van der Waals surface area contributed by atoms with E-state index in [0.29, 0.717) is 0 Å². The molecule has 0 bridgehead atoms. The van der Waals surface area contributed by atoms with E-state index < -0.39 is 11.9 Å². The van der Waals surface area contributed by atoms with E-state index in [4.69, 9.17) is 10.2 Å². The molecule has 0 saturated carbocycles. The number of hydrogen-bond acceptors (Lipinski definition) is 2. The van der Waals surface area contributed by atoms with Crippen molar-refractivity contribution in [3.63, 3.8) is 0 Å². The zero-order valence-corrected chi connectivity index (χ0v) is 8.62. The Hall–Kier alpha value is 0.316. The third-order valence-electron chi connectivity index (χ3n) is 1.39. The minimum atomic E-state index is -1.23. The molecular formula is C8H9KO4Se. The standard InChI is InChI=1S/C8H6O4.K.H2Se.H/c9-7(10)5-3-1-2-4-6(5)8(11)12;;;/h1-4H,(H,9,10)(H,11,12);;1H2;. The Morgan fingerprint density at radius 3 is 1.43 bits per heavy atom. The average Bonchev–Trinajstić information content (AvgIpc) is 2.04. The van der Waals surface area contributed by atoms with E-state index in [1.165, 1.54) is 24.3 Å². The van der Waals surface area contributed by atoms with Gasteiger partial charge in [-0.15, -0.1) is 0 Å². The molecule has 1 aromatic rings. The molecule has 0 atom stereocenters. The molecule has 0 aromatic heterocycles. The van der Waals surface area contributed by atoms with Gasteiger partial charge in [-0.2, -0.15) is 0 Å². The van der Waals surface area contributed by atoms with Gasteiger partial charge in [-0.05, 0) is 12.1 Å². The molecule has 0 spiro atoms. The van der Waals surface area contributed by atoms with Crippen LogP contribution in [0.15, 0.2) is 24.3 Å². The summed E-state index contributed by atoms with van der Waals surface area (Å²) in [5.41, 5.74) is -0.380. The second kappa shape index (κ2) is 7.59. The summed E-state index contributed by atoms with van der Waals surface area (Å²) in [5.74, 6) is -2.46. The fraction of sp³-hybridized carbons (Fsp3) is 0. The maximum atomic E-state index is 10.5. The van der Waals surface area contributed by atoms with E-state index in [0.717, 1.165) is 0 Å². The summed E-state index contributed by atoms with van der Waals surface area (Å²) >= 11 is 0. The number of carboxylic acids is 2. The molecule has 0 unspecified atom stereocenters. The van der Waals surface area contributed by atoms with Crippen LogP contribution in [0.3, 0.4) is 0 Å². The van der Waals surface area contributed by atoms with Gasteiger partial charge in [0, 0.05) is 0 Å². The zero-order chi connectivity index (χ0) is 9.14. The van der Waals surface area contributed by atoms with Gasteiger partial charge in [-0.25, -0.2) is 9.59 Å². The SMILES string of the molecule is O=C(O)c1ccccc1C(=O)O.[KH].[SeH2]. The number of rotatable bonds is 2. The van der Waals surface area contributed by atoms with Crippen LogP contribution in [0.1, 0.15) is 20.7 Å². The van der Waals surface area contributed by atoms with Gasteiger partial charge >= 0.3 is 80.4 Å². The minimum absolute atomic E-state index is 0. The fourth-order valence-electron chi connectivity index (χ4n) is 0.856. The van der Waals surface area contributed by atoms with E-state index in [1.807, 2.05) is 0 Å². The van der Waals surface area contributed by atoms with Gasteiger partial charge in [0.2, 0.25) is 0 Å². The number of carbonyl (C=O) groups is 2. The molecule has 0 fully saturated rings.